The number of nitrogens with zero attached hydrogens (tertiary/aromatic N) is 1. The molecule has 28 heavy (non-hydrogen) atoms. The molecule has 2 amide bonds. The van der Waals surface area contributed by atoms with Crippen LogP contribution in [0.2, 0.25) is 5.02 Å². The Balaban J connectivity index is 1.85. The molecule has 8 heteroatoms. The Morgan fingerprint density at radius 1 is 1.11 bits per heavy atom. The SMILES string of the molecule is COc1ccc(OC)c(/C=N\NC(=O)CCC(=O)Nc2cccc(Cl)c2C)c1. The second kappa shape index (κ2) is 10.3. The molecule has 0 aliphatic rings. The number of halogens is 1. The lowest BCUT2D eigenvalue weighted by Crippen LogP contribution is -2.21. The van der Waals surface area contributed by atoms with E-state index in [-0.39, 0.29) is 24.7 Å². The van der Waals surface area contributed by atoms with Gasteiger partial charge in [-0.15, -0.1) is 0 Å². The fraction of sp³-hybridized carbons (Fsp3) is 0.250. The summed E-state index contributed by atoms with van der Waals surface area (Å²) in [5.41, 5.74) is 4.44. The molecular formula is C20H22ClN3O4. The monoisotopic (exact) mass is 403 g/mol. The average molecular weight is 404 g/mol. The number of ether oxygens (including phenoxy) is 2. The van der Waals surface area contributed by atoms with Crippen LogP contribution in [0.4, 0.5) is 5.69 Å². The number of hydrazone groups is 1. The van der Waals surface area contributed by atoms with Gasteiger partial charge in [-0.05, 0) is 42.8 Å². The first kappa shape index (κ1) is 21.2. The van der Waals surface area contributed by atoms with Gasteiger partial charge < -0.3 is 14.8 Å². The molecule has 148 valence electrons. The van der Waals surface area contributed by atoms with Gasteiger partial charge in [-0.25, -0.2) is 5.43 Å². The lowest BCUT2D eigenvalue weighted by molar-refractivity contribution is -0.124. The molecule has 0 fully saturated rings. The van der Waals surface area contributed by atoms with E-state index in [1.54, 1.807) is 43.5 Å². The normalized spacial score (nSPS) is 10.6. The fourth-order valence-corrected chi connectivity index (χ4v) is 2.53. The topological polar surface area (TPSA) is 89.0 Å². The molecule has 0 spiro atoms. The summed E-state index contributed by atoms with van der Waals surface area (Å²) in [5, 5.41) is 7.22. The zero-order valence-electron chi connectivity index (χ0n) is 15.9. The quantitative estimate of drug-likeness (QED) is 0.521. The predicted octanol–water partition coefficient (Wildman–Crippen LogP) is 3.53. The summed E-state index contributed by atoms with van der Waals surface area (Å²) < 4.78 is 10.4. The molecule has 2 aromatic rings. The van der Waals surface area contributed by atoms with Crippen molar-refractivity contribution in [3.8, 4) is 11.5 Å². The van der Waals surface area contributed by atoms with Gasteiger partial charge in [-0.3, -0.25) is 9.59 Å². The van der Waals surface area contributed by atoms with Gasteiger partial charge >= 0.3 is 0 Å². The zero-order valence-corrected chi connectivity index (χ0v) is 16.7. The highest BCUT2D eigenvalue weighted by atomic mass is 35.5. The Bertz CT molecular complexity index is 884. The van der Waals surface area contributed by atoms with Crippen molar-refractivity contribution in [2.45, 2.75) is 19.8 Å². The molecule has 0 aliphatic carbocycles. The van der Waals surface area contributed by atoms with E-state index in [9.17, 15) is 9.59 Å². The third-order valence-electron chi connectivity index (χ3n) is 3.95. The van der Waals surface area contributed by atoms with E-state index in [0.29, 0.717) is 27.8 Å². The predicted molar refractivity (Wildman–Crippen MR) is 109 cm³/mol. The largest absolute Gasteiger partial charge is 0.497 e. The first-order chi connectivity index (χ1) is 13.4. The van der Waals surface area contributed by atoms with Gasteiger partial charge in [0.25, 0.3) is 0 Å². The summed E-state index contributed by atoms with van der Waals surface area (Å²) in [6.07, 6.45) is 1.47. The lowest BCUT2D eigenvalue weighted by Gasteiger charge is -2.09. The summed E-state index contributed by atoms with van der Waals surface area (Å²) in [6, 6.07) is 10.5. The maximum absolute atomic E-state index is 12.0. The fourth-order valence-electron chi connectivity index (χ4n) is 2.35. The van der Waals surface area contributed by atoms with Gasteiger partial charge in [0.2, 0.25) is 11.8 Å². The maximum Gasteiger partial charge on any atom is 0.240 e. The molecule has 0 saturated carbocycles. The molecule has 2 rings (SSSR count). The summed E-state index contributed by atoms with van der Waals surface area (Å²) in [7, 11) is 3.10. The van der Waals surface area contributed by atoms with Gasteiger partial charge in [-0.1, -0.05) is 17.7 Å². The number of amides is 2. The number of hydrogen-bond donors (Lipinski definition) is 2. The molecule has 0 saturated heterocycles. The van der Waals surface area contributed by atoms with Crippen LogP contribution in [0.3, 0.4) is 0 Å². The molecule has 0 radical (unpaired) electrons. The molecule has 0 aromatic heterocycles. The molecule has 0 atom stereocenters. The lowest BCUT2D eigenvalue weighted by atomic mass is 10.2. The van der Waals surface area contributed by atoms with Crippen LogP contribution in [0.25, 0.3) is 0 Å². The number of nitrogens with one attached hydrogen (secondary N) is 2. The minimum absolute atomic E-state index is 0.00195. The second-order valence-corrected chi connectivity index (χ2v) is 6.27. The highest BCUT2D eigenvalue weighted by molar-refractivity contribution is 6.31. The summed E-state index contributed by atoms with van der Waals surface area (Å²) in [5.74, 6) is 0.576. The van der Waals surface area contributed by atoms with E-state index in [2.05, 4.69) is 15.8 Å². The third-order valence-corrected chi connectivity index (χ3v) is 4.36. The first-order valence-electron chi connectivity index (χ1n) is 8.53. The van der Waals surface area contributed by atoms with Gasteiger partial charge in [0, 0.05) is 29.1 Å². The van der Waals surface area contributed by atoms with E-state index in [1.165, 1.54) is 13.3 Å². The van der Waals surface area contributed by atoms with Crippen LogP contribution in [-0.4, -0.2) is 32.2 Å². The number of methoxy groups -OCH3 is 2. The molecule has 0 unspecified atom stereocenters. The van der Waals surface area contributed by atoms with E-state index in [4.69, 9.17) is 21.1 Å². The Morgan fingerprint density at radius 2 is 1.86 bits per heavy atom. The molecule has 7 nitrogen and oxygen atoms in total. The van der Waals surface area contributed by atoms with Crippen molar-refractivity contribution in [2.75, 3.05) is 19.5 Å². The van der Waals surface area contributed by atoms with Gasteiger partial charge in [0.1, 0.15) is 11.5 Å². The number of carbonyl (C=O) groups excluding carboxylic acids is 2. The van der Waals surface area contributed by atoms with E-state index in [1.807, 2.05) is 6.92 Å². The van der Waals surface area contributed by atoms with Crippen molar-refractivity contribution in [1.29, 1.82) is 0 Å². The second-order valence-electron chi connectivity index (χ2n) is 5.86. The smallest absolute Gasteiger partial charge is 0.240 e. The number of carbonyl (C=O) groups is 2. The van der Waals surface area contributed by atoms with Gasteiger partial charge in [0.05, 0.1) is 20.4 Å². The summed E-state index contributed by atoms with van der Waals surface area (Å²) in [4.78, 5) is 23.9. The Kier molecular flexibility index (Phi) is 7.83. The highest BCUT2D eigenvalue weighted by Crippen LogP contribution is 2.23. The maximum atomic E-state index is 12.0. The molecule has 2 N–H and O–H groups in total. The van der Waals surface area contributed by atoms with Crippen molar-refractivity contribution in [3.63, 3.8) is 0 Å². The molecule has 0 heterocycles. The third kappa shape index (κ3) is 5.99. The molecular weight excluding hydrogens is 382 g/mol. The van der Waals surface area contributed by atoms with Crippen LogP contribution < -0.4 is 20.2 Å². The van der Waals surface area contributed by atoms with Crippen LogP contribution in [0, 0.1) is 6.92 Å². The minimum Gasteiger partial charge on any atom is -0.497 e. The van der Waals surface area contributed by atoms with Gasteiger partial charge in [-0.2, -0.15) is 5.10 Å². The Morgan fingerprint density at radius 3 is 2.57 bits per heavy atom. The van der Waals surface area contributed by atoms with Crippen LogP contribution in [0.15, 0.2) is 41.5 Å². The highest BCUT2D eigenvalue weighted by Gasteiger charge is 2.09. The van der Waals surface area contributed by atoms with Crippen molar-refractivity contribution in [3.05, 3.63) is 52.5 Å². The van der Waals surface area contributed by atoms with Gasteiger partial charge in [0.15, 0.2) is 0 Å². The standard InChI is InChI=1S/C20H22ClN3O4/c1-13-16(21)5-4-6-17(13)23-19(25)9-10-20(26)24-22-12-14-11-15(27-2)7-8-18(14)28-3/h4-8,11-12H,9-10H2,1-3H3,(H,23,25)(H,24,26)/b22-12-. The Hall–Kier alpha value is -3.06. The number of anilines is 1. The zero-order chi connectivity index (χ0) is 20.5. The molecule has 0 aliphatic heterocycles. The molecule has 2 aromatic carbocycles. The first-order valence-corrected chi connectivity index (χ1v) is 8.91. The number of hydrogen-bond acceptors (Lipinski definition) is 5. The van der Waals surface area contributed by atoms with Crippen LogP contribution >= 0.6 is 11.6 Å². The van der Waals surface area contributed by atoms with Crippen molar-refractivity contribution >= 4 is 35.3 Å². The minimum atomic E-state index is -0.379. The van der Waals surface area contributed by atoms with Crippen LogP contribution in [0.1, 0.15) is 24.0 Å². The van der Waals surface area contributed by atoms with Crippen molar-refractivity contribution in [1.82, 2.24) is 5.43 Å². The number of rotatable bonds is 8. The molecule has 0 bridgehead atoms. The summed E-state index contributed by atoms with van der Waals surface area (Å²) >= 11 is 6.03. The number of benzene rings is 2. The van der Waals surface area contributed by atoms with Crippen LogP contribution in [-0.2, 0) is 9.59 Å². The van der Waals surface area contributed by atoms with Crippen LogP contribution in [0.5, 0.6) is 11.5 Å². The Labute approximate surface area is 168 Å². The van der Waals surface area contributed by atoms with Crippen molar-refractivity contribution in [2.24, 2.45) is 5.10 Å². The summed E-state index contributed by atoms with van der Waals surface area (Å²) in [6.45, 7) is 1.81. The van der Waals surface area contributed by atoms with Crippen molar-refractivity contribution < 1.29 is 19.1 Å². The van der Waals surface area contributed by atoms with E-state index < -0.39 is 0 Å². The van der Waals surface area contributed by atoms with E-state index in [0.717, 1.165) is 5.56 Å². The average Bonchev–Trinajstić information content (AvgIpc) is 2.69. The van der Waals surface area contributed by atoms with E-state index >= 15 is 0 Å².